The Kier molecular flexibility index (Phi) is 6.69. The third-order valence-corrected chi connectivity index (χ3v) is 4.58. The number of allylic oxidation sites excluding steroid dienone is 1. The smallest absolute Gasteiger partial charge is 0.225 e. The summed E-state index contributed by atoms with van der Waals surface area (Å²) in [6.45, 7) is 9.40. The van der Waals surface area contributed by atoms with Crippen LogP contribution in [-0.2, 0) is 4.79 Å². The first-order valence-electron chi connectivity index (χ1n) is 7.77. The van der Waals surface area contributed by atoms with Crippen molar-refractivity contribution in [2.24, 2.45) is 0 Å². The molecule has 0 spiro atoms. The molecule has 0 saturated carbocycles. The van der Waals surface area contributed by atoms with Gasteiger partial charge in [0.05, 0.1) is 7.85 Å². The van der Waals surface area contributed by atoms with Crippen LogP contribution in [0.1, 0.15) is 50.4 Å². The van der Waals surface area contributed by atoms with Crippen LogP contribution >= 0.6 is 12.6 Å². The van der Waals surface area contributed by atoms with Gasteiger partial charge < -0.3 is 5.32 Å². The van der Waals surface area contributed by atoms with Gasteiger partial charge in [0.15, 0.2) is 5.78 Å². The van der Waals surface area contributed by atoms with Crippen molar-refractivity contribution < 1.29 is 9.59 Å². The third-order valence-electron chi connectivity index (χ3n) is 4.11. The molecule has 23 heavy (non-hydrogen) atoms. The second-order valence-corrected chi connectivity index (χ2v) is 7.16. The number of benzene rings is 1. The highest BCUT2D eigenvalue weighted by atomic mass is 32.1. The maximum absolute atomic E-state index is 12.4. The molecule has 2 atom stereocenters. The van der Waals surface area contributed by atoms with Gasteiger partial charge in [0.1, 0.15) is 0 Å². The highest BCUT2D eigenvalue weighted by molar-refractivity contribution is 7.81. The van der Waals surface area contributed by atoms with Crippen LogP contribution in [0.5, 0.6) is 0 Å². The Bertz CT molecular complexity index is 583. The number of Topliss-reactive ketones (excluding diaryl/α,β-unsaturated/α-hetero) is 1. The summed E-state index contributed by atoms with van der Waals surface area (Å²) in [5.41, 5.74) is 1.14. The van der Waals surface area contributed by atoms with Crippen LogP contribution in [0.2, 0.25) is 5.31 Å². The maximum Gasteiger partial charge on any atom is 0.225 e. The summed E-state index contributed by atoms with van der Waals surface area (Å²) < 4.78 is -0.329. The monoisotopic (exact) mass is 329 g/mol. The van der Waals surface area contributed by atoms with Gasteiger partial charge in [0.25, 0.3) is 0 Å². The van der Waals surface area contributed by atoms with E-state index in [1.54, 1.807) is 24.3 Å². The van der Waals surface area contributed by atoms with E-state index in [9.17, 15) is 9.59 Å². The summed E-state index contributed by atoms with van der Waals surface area (Å²) in [6, 6.07) is 6.73. The molecule has 0 aromatic heterocycles. The van der Waals surface area contributed by atoms with E-state index in [4.69, 9.17) is 7.85 Å². The van der Waals surface area contributed by atoms with E-state index in [2.05, 4.69) is 24.5 Å². The Morgan fingerprint density at radius 3 is 2.26 bits per heavy atom. The van der Waals surface area contributed by atoms with Crippen molar-refractivity contribution in [1.82, 2.24) is 0 Å². The highest BCUT2D eigenvalue weighted by Gasteiger charge is 2.28. The fourth-order valence-corrected chi connectivity index (χ4v) is 2.19. The molecule has 0 aliphatic carbocycles. The predicted molar refractivity (Wildman–Crippen MR) is 101 cm³/mol. The predicted octanol–water partition coefficient (Wildman–Crippen LogP) is 4.22. The lowest BCUT2D eigenvalue weighted by Gasteiger charge is -2.23. The summed E-state index contributed by atoms with van der Waals surface area (Å²) in [6.07, 6.45) is 3.08. The van der Waals surface area contributed by atoms with E-state index in [0.29, 0.717) is 24.1 Å². The molecule has 2 radical (unpaired) electrons. The van der Waals surface area contributed by atoms with Crippen molar-refractivity contribution in [2.45, 2.75) is 50.1 Å². The Balaban J connectivity index is 2.80. The molecule has 0 bridgehead atoms. The second-order valence-electron chi connectivity index (χ2n) is 6.08. The van der Waals surface area contributed by atoms with Crippen LogP contribution in [0.3, 0.4) is 0 Å². The molecule has 1 aromatic carbocycles. The summed E-state index contributed by atoms with van der Waals surface area (Å²) in [5.74, 6) is -0.280. The van der Waals surface area contributed by atoms with E-state index in [-0.39, 0.29) is 16.4 Å². The zero-order valence-electron chi connectivity index (χ0n) is 14.1. The first-order valence-corrected chi connectivity index (χ1v) is 8.21. The number of rotatable bonds is 8. The van der Waals surface area contributed by atoms with E-state index < -0.39 is 5.31 Å². The second kappa shape index (κ2) is 7.87. The van der Waals surface area contributed by atoms with Crippen molar-refractivity contribution >= 4 is 37.9 Å². The Labute approximate surface area is 145 Å². The molecule has 1 aromatic rings. The molecule has 1 rings (SSSR count). The van der Waals surface area contributed by atoms with Gasteiger partial charge >= 0.3 is 0 Å². The molecular weight excluding hydrogens is 305 g/mol. The minimum atomic E-state index is -1.06. The van der Waals surface area contributed by atoms with E-state index in [0.717, 1.165) is 6.42 Å². The Morgan fingerprint density at radius 2 is 1.83 bits per heavy atom. The highest BCUT2D eigenvalue weighted by Crippen LogP contribution is 2.32. The molecule has 0 fully saturated rings. The van der Waals surface area contributed by atoms with Crippen LogP contribution in [0.25, 0.3) is 0 Å². The average molecular weight is 329 g/mol. The van der Waals surface area contributed by atoms with Crippen molar-refractivity contribution in [2.75, 3.05) is 5.32 Å². The maximum atomic E-state index is 12.4. The number of anilines is 1. The van der Waals surface area contributed by atoms with Gasteiger partial charge in [-0.05, 0) is 37.1 Å². The molecule has 0 saturated heterocycles. The van der Waals surface area contributed by atoms with Gasteiger partial charge in [-0.25, -0.2) is 0 Å². The quantitative estimate of drug-likeness (QED) is 0.325. The van der Waals surface area contributed by atoms with E-state index >= 15 is 0 Å². The largest absolute Gasteiger partial charge is 0.326 e. The SMILES string of the molecule is [B]C(C=C)(CC)C(=O)c1ccc(NC(=O)CC(C)(S)CC)cc1. The Morgan fingerprint density at radius 1 is 1.26 bits per heavy atom. The van der Waals surface area contributed by atoms with Gasteiger partial charge in [-0.2, -0.15) is 12.6 Å². The molecule has 5 heteroatoms. The lowest BCUT2D eigenvalue weighted by atomic mass is 9.63. The first kappa shape index (κ1) is 19.6. The van der Waals surface area contributed by atoms with Gasteiger partial charge in [-0.3, -0.25) is 9.59 Å². The summed E-state index contributed by atoms with van der Waals surface area (Å²) in [5, 5.41) is 1.76. The minimum Gasteiger partial charge on any atom is -0.326 e. The number of nitrogens with one attached hydrogen (secondary N) is 1. The summed E-state index contributed by atoms with van der Waals surface area (Å²) >= 11 is 4.46. The molecule has 3 nitrogen and oxygen atoms in total. The van der Waals surface area contributed by atoms with Crippen LogP contribution in [0, 0.1) is 0 Å². The fourth-order valence-electron chi connectivity index (χ4n) is 2.05. The number of carbonyl (C=O) groups is 2. The molecule has 1 amide bonds. The molecule has 0 heterocycles. The van der Waals surface area contributed by atoms with Gasteiger partial charge in [0, 0.05) is 27.7 Å². The Hall–Kier alpha value is -1.49. The van der Waals surface area contributed by atoms with E-state index in [1.807, 2.05) is 20.8 Å². The van der Waals surface area contributed by atoms with Crippen molar-refractivity contribution in [3.8, 4) is 0 Å². The summed E-state index contributed by atoms with van der Waals surface area (Å²) in [7, 11) is 6.03. The third kappa shape index (κ3) is 5.27. The normalized spacial score (nSPS) is 16.0. The molecular formula is C18H24BNO2S. The number of hydrogen-bond acceptors (Lipinski definition) is 3. The number of ketones is 1. The van der Waals surface area contributed by atoms with Crippen LogP contribution in [-0.4, -0.2) is 24.3 Å². The standard InChI is InChI=1S/C18H24BNO2S/c1-5-17(4,23)12-15(21)20-14-10-8-13(9-11-14)16(22)18(19,6-2)7-3/h6,8-11,23H,2,5,7,12H2,1,3-4H3,(H,20,21). The fraction of sp³-hybridized carbons (Fsp3) is 0.444. The van der Waals surface area contributed by atoms with Crippen molar-refractivity contribution in [3.05, 3.63) is 42.5 Å². The zero-order chi connectivity index (χ0) is 17.7. The number of hydrogen-bond donors (Lipinski definition) is 2. The van der Waals surface area contributed by atoms with Gasteiger partial charge in [-0.15, -0.1) is 6.58 Å². The summed E-state index contributed by atoms with van der Waals surface area (Å²) in [4.78, 5) is 24.4. The van der Waals surface area contributed by atoms with Gasteiger partial charge in [0.2, 0.25) is 5.91 Å². The van der Waals surface area contributed by atoms with E-state index in [1.165, 1.54) is 6.08 Å². The zero-order valence-corrected chi connectivity index (χ0v) is 15.0. The molecule has 2 unspecified atom stereocenters. The first-order chi connectivity index (χ1) is 10.7. The van der Waals surface area contributed by atoms with Crippen molar-refractivity contribution in [1.29, 1.82) is 0 Å². The molecule has 1 N–H and O–H groups in total. The lowest BCUT2D eigenvalue weighted by Crippen LogP contribution is -2.25. The topological polar surface area (TPSA) is 46.2 Å². The van der Waals surface area contributed by atoms with Gasteiger partial charge in [-0.1, -0.05) is 26.8 Å². The van der Waals surface area contributed by atoms with Crippen LogP contribution in [0.4, 0.5) is 5.69 Å². The average Bonchev–Trinajstić information content (AvgIpc) is 2.53. The number of thiol groups is 1. The molecule has 122 valence electrons. The number of carbonyl (C=O) groups excluding carboxylic acids is 2. The molecule has 0 aliphatic heterocycles. The van der Waals surface area contributed by atoms with Crippen molar-refractivity contribution in [3.63, 3.8) is 0 Å². The van der Waals surface area contributed by atoms with Crippen LogP contribution < -0.4 is 5.32 Å². The minimum absolute atomic E-state index is 0.101. The molecule has 0 aliphatic rings. The van der Waals surface area contributed by atoms with Crippen LogP contribution in [0.15, 0.2) is 36.9 Å². The number of amides is 1. The lowest BCUT2D eigenvalue weighted by molar-refractivity contribution is -0.116.